The van der Waals surface area contributed by atoms with Crippen LogP contribution in [0.1, 0.15) is 52.6 Å². The summed E-state index contributed by atoms with van der Waals surface area (Å²) in [6.07, 6.45) is -15.0. The molecular formula is C57H41FIrN3O. The van der Waals surface area contributed by atoms with Crippen LogP contribution in [0, 0.1) is 24.0 Å². The van der Waals surface area contributed by atoms with Crippen LogP contribution in [-0.2, 0) is 58.3 Å². The molecular weight excluding hydrogens is 954 g/mol. The number of fused-ring (bicyclic) bond motifs is 3. The van der Waals surface area contributed by atoms with Gasteiger partial charge < -0.3 is 19.4 Å². The molecule has 4 heterocycles. The second-order valence-corrected chi connectivity index (χ2v) is 14.1. The number of rotatable bonds is 13. The van der Waals surface area contributed by atoms with Crippen LogP contribution in [-0.4, -0.2) is 15.0 Å². The summed E-state index contributed by atoms with van der Waals surface area (Å²) in [5, 5.41) is 0.739. The van der Waals surface area contributed by atoms with Crippen LogP contribution in [0.3, 0.4) is 0 Å². The van der Waals surface area contributed by atoms with Crippen molar-refractivity contribution in [1.29, 1.82) is 0 Å². The molecule has 4 nitrogen and oxygen atoms in total. The van der Waals surface area contributed by atoms with Crippen LogP contribution >= 0.6 is 0 Å². The van der Waals surface area contributed by atoms with E-state index in [1.165, 1.54) is 36.4 Å². The van der Waals surface area contributed by atoms with E-state index in [2.05, 4.69) is 33.2 Å². The molecule has 306 valence electrons. The van der Waals surface area contributed by atoms with Crippen molar-refractivity contribution in [2.24, 2.45) is 0 Å². The Kier molecular flexibility index (Phi) is 8.45. The number of aromatic nitrogens is 3. The van der Waals surface area contributed by atoms with E-state index >= 15 is 4.39 Å². The second kappa shape index (κ2) is 19.0. The predicted octanol–water partition coefficient (Wildman–Crippen LogP) is 13.3. The summed E-state index contributed by atoms with van der Waals surface area (Å²) in [5.41, 5.74) is 0.517. The molecule has 0 atom stereocenters. The molecule has 6 aromatic carbocycles. The SMILES string of the molecule is [2H]c1c(F)c([2H])c2oc3c(-c4ccc(C([2H])([2H])C([2H])([2H])c5cc(C([2H])([2H])C([2H])([2H])c6ccc(-c7[c-]cccc7)nc6)cc(C([2H])([2H])C([2H])([2H])c6ccc(-c7[c-]cccc7)nc6)c5)cn4)[c-]ccc3c2c1-c1ccccc1.[Ir+3]. The molecule has 0 saturated carbocycles. The van der Waals surface area contributed by atoms with Gasteiger partial charge in [0.1, 0.15) is 11.4 Å². The minimum atomic E-state index is -3.20. The molecule has 0 aliphatic rings. The molecule has 0 amide bonds. The number of aryl methyl sites for hydroxylation is 6. The Labute approximate surface area is 400 Å². The molecule has 0 aliphatic heterocycles. The van der Waals surface area contributed by atoms with Crippen molar-refractivity contribution in [3.05, 3.63) is 234 Å². The molecule has 4 aromatic heterocycles. The first kappa shape index (κ1) is 28.0. The molecule has 10 rings (SSSR count). The topological polar surface area (TPSA) is 51.8 Å². The average molecular weight is 1010 g/mol. The van der Waals surface area contributed by atoms with Crippen LogP contribution in [0.15, 0.2) is 181 Å². The number of halogens is 1. The minimum absolute atomic E-state index is 0. The molecule has 0 radical (unpaired) electrons. The van der Waals surface area contributed by atoms with E-state index in [9.17, 15) is 16.4 Å². The van der Waals surface area contributed by atoms with Crippen LogP contribution in [0.25, 0.3) is 66.8 Å². The summed E-state index contributed by atoms with van der Waals surface area (Å²) in [6.45, 7) is 0. The normalized spacial score (nSPS) is 15.8. The van der Waals surface area contributed by atoms with Crippen molar-refractivity contribution in [2.75, 3.05) is 0 Å². The van der Waals surface area contributed by atoms with Gasteiger partial charge in [0.2, 0.25) is 0 Å². The third-order valence-corrected chi connectivity index (χ3v) is 9.92. The van der Waals surface area contributed by atoms with Gasteiger partial charge in [0, 0.05) is 46.5 Å². The number of pyridine rings is 3. The van der Waals surface area contributed by atoms with E-state index in [0.717, 1.165) is 36.8 Å². The number of benzene rings is 6. The fourth-order valence-electron chi connectivity index (χ4n) is 6.97. The number of hydrogen-bond donors (Lipinski definition) is 0. The Morgan fingerprint density at radius 3 is 1.52 bits per heavy atom. The first-order chi connectivity index (χ1) is 36.0. The van der Waals surface area contributed by atoms with Crippen molar-refractivity contribution in [3.63, 3.8) is 0 Å². The molecule has 0 aliphatic carbocycles. The second-order valence-electron chi connectivity index (χ2n) is 14.1. The van der Waals surface area contributed by atoms with Gasteiger partial charge in [-0.1, -0.05) is 95.9 Å². The summed E-state index contributed by atoms with van der Waals surface area (Å²) < 4.78 is 151. The summed E-state index contributed by atoms with van der Waals surface area (Å²) >= 11 is 0. The van der Waals surface area contributed by atoms with Crippen LogP contribution < -0.4 is 0 Å². The van der Waals surface area contributed by atoms with Gasteiger partial charge in [-0.15, -0.1) is 90.0 Å². The fourth-order valence-corrected chi connectivity index (χ4v) is 6.97. The molecule has 10 aromatic rings. The maximum Gasteiger partial charge on any atom is 3.00 e. The van der Waals surface area contributed by atoms with Crippen molar-refractivity contribution >= 4 is 21.9 Å². The Balaban J connectivity index is 0.00000722. The first-order valence-corrected chi connectivity index (χ1v) is 19.6. The Morgan fingerprint density at radius 1 is 0.524 bits per heavy atom. The van der Waals surface area contributed by atoms with Gasteiger partial charge in [-0.2, -0.15) is 0 Å². The van der Waals surface area contributed by atoms with Crippen molar-refractivity contribution in [1.82, 2.24) is 15.0 Å². The maximum absolute atomic E-state index is 15.5. The molecule has 0 N–H and O–H groups in total. The van der Waals surface area contributed by atoms with Gasteiger partial charge in [-0.25, -0.2) is 4.39 Å². The molecule has 6 heteroatoms. The third kappa shape index (κ3) is 9.49. The monoisotopic (exact) mass is 1010 g/mol. The largest absolute Gasteiger partial charge is 3.00 e. The zero-order valence-corrected chi connectivity index (χ0v) is 35.4. The standard InChI is InChI=1S/C57H41FN3O.Ir/c58-48-34-51(45-11-4-1-5-12-45)56-50-18-10-17-49(57(50)62-55(56)35-48)54-30-27-41(38-61-54)21-24-44-32-42(22-19-39-25-28-52(59-36-39)46-13-6-2-7-14-46)31-43(33-44)23-20-40-26-29-53(60-37-40)47-15-8-3-9-16-47;/h1-13,15,18,25-38H,19-24H2;/q-3;+3/i19D2,20D2,21D2,22D2,23D2,24D2,34D,35D;. The Morgan fingerprint density at radius 2 is 1.03 bits per heavy atom. The number of hydrogen-bond acceptors (Lipinski definition) is 4. The van der Waals surface area contributed by atoms with E-state index < -0.39 is 72.8 Å². The molecule has 0 bridgehead atoms. The maximum atomic E-state index is 15.5. The smallest absolute Gasteiger partial charge is 0.500 e. The van der Waals surface area contributed by atoms with E-state index in [1.54, 1.807) is 91.0 Å². The number of nitrogens with zero attached hydrogens (tertiary/aromatic N) is 3. The fraction of sp³-hybridized carbons (Fsp3) is 0.105. The molecule has 0 unspecified atom stereocenters. The first-order valence-electron chi connectivity index (χ1n) is 26.6. The Hall–Kier alpha value is -6.85. The molecule has 0 spiro atoms. The van der Waals surface area contributed by atoms with E-state index in [0.29, 0.717) is 38.9 Å². The van der Waals surface area contributed by atoms with Gasteiger partial charge in [0.15, 0.2) is 0 Å². The zero-order valence-electron chi connectivity index (χ0n) is 47.0. The molecule has 0 saturated heterocycles. The van der Waals surface area contributed by atoms with E-state index in [-0.39, 0.29) is 64.8 Å². The minimum Gasteiger partial charge on any atom is -0.500 e. The van der Waals surface area contributed by atoms with E-state index in [4.69, 9.17) is 7.16 Å². The van der Waals surface area contributed by atoms with Gasteiger partial charge in [0.25, 0.3) is 0 Å². The zero-order chi connectivity index (χ0) is 54.2. The van der Waals surface area contributed by atoms with Gasteiger partial charge >= 0.3 is 20.1 Å². The van der Waals surface area contributed by atoms with Crippen molar-refractivity contribution in [3.8, 4) is 44.9 Å². The van der Waals surface area contributed by atoms with Crippen LogP contribution in [0.5, 0.6) is 0 Å². The summed E-state index contributed by atoms with van der Waals surface area (Å²) in [5.74, 6) is -1.08. The Bertz CT molecular complexity index is 3670. The molecule has 63 heavy (non-hydrogen) atoms. The summed E-state index contributed by atoms with van der Waals surface area (Å²) in [7, 11) is 0. The summed E-state index contributed by atoms with van der Waals surface area (Å²) in [6, 6.07) is 44.9. The van der Waals surface area contributed by atoms with Crippen molar-refractivity contribution < 1.29 is 48.1 Å². The van der Waals surface area contributed by atoms with E-state index in [1.807, 2.05) is 0 Å². The summed E-state index contributed by atoms with van der Waals surface area (Å²) in [4.78, 5) is 13.2. The van der Waals surface area contributed by atoms with Gasteiger partial charge in [-0.3, -0.25) is 0 Å². The number of furan rings is 1. The molecule has 0 fully saturated rings. The average Bonchev–Trinajstić information content (AvgIpc) is 3.83. The van der Waals surface area contributed by atoms with Gasteiger partial charge in [-0.05, 0) is 106 Å². The van der Waals surface area contributed by atoms with Crippen LogP contribution in [0.4, 0.5) is 4.39 Å². The quantitative estimate of drug-likeness (QED) is 0.108. The van der Waals surface area contributed by atoms with Crippen molar-refractivity contribution in [2.45, 2.75) is 38.2 Å². The van der Waals surface area contributed by atoms with Gasteiger partial charge in [0.05, 0.1) is 8.32 Å². The van der Waals surface area contributed by atoms with Crippen LogP contribution in [0.2, 0.25) is 0 Å². The predicted molar refractivity (Wildman–Crippen MR) is 247 cm³/mol. The third-order valence-electron chi connectivity index (χ3n) is 9.92.